The second-order valence-corrected chi connectivity index (χ2v) is 7.18. The third-order valence-corrected chi connectivity index (χ3v) is 5.25. The quantitative estimate of drug-likeness (QED) is 0.779. The van der Waals surface area contributed by atoms with Gasteiger partial charge in [-0.05, 0) is 49.6 Å². The highest BCUT2D eigenvalue weighted by atomic mass is 79.9. The largest absolute Gasteiger partial charge is 0.355 e. The highest BCUT2D eigenvalue weighted by Crippen LogP contribution is 2.24. The van der Waals surface area contributed by atoms with Crippen molar-refractivity contribution in [1.82, 2.24) is 10.3 Å². The first kappa shape index (κ1) is 17.0. The number of aryl methyl sites for hydroxylation is 1. The minimum Gasteiger partial charge on any atom is -0.355 e. The number of carbonyl (C=O) groups excluding carboxylic acids is 1. The van der Waals surface area contributed by atoms with Gasteiger partial charge in [0.1, 0.15) is 5.69 Å². The monoisotopic (exact) mass is 387 g/mol. The van der Waals surface area contributed by atoms with E-state index in [-0.39, 0.29) is 11.9 Å². The summed E-state index contributed by atoms with van der Waals surface area (Å²) in [4.78, 5) is 16.6. The summed E-state index contributed by atoms with van der Waals surface area (Å²) in [6, 6.07) is 10.0. The van der Waals surface area contributed by atoms with E-state index in [0.29, 0.717) is 5.69 Å². The predicted molar refractivity (Wildman–Crippen MR) is 101 cm³/mol. The number of aromatic nitrogens is 1. The average Bonchev–Trinajstić information content (AvgIpc) is 2.59. The summed E-state index contributed by atoms with van der Waals surface area (Å²) in [5.41, 5.74) is 3.46. The fraction of sp³-hybridized carbons (Fsp3) is 0.368. The number of rotatable bonds is 4. The number of benzene rings is 1. The molecule has 2 aromatic rings. The molecule has 1 aliphatic carbocycles. The molecule has 0 spiro atoms. The van der Waals surface area contributed by atoms with E-state index in [1.54, 1.807) is 12.3 Å². The maximum Gasteiger partial charge on any atom is 0.270 e. The van der Waals surface area contributed by atoms with Crippen molar-refractivity contribution in [1.29, 1.82) is 0 Å². The minimum absolute atomic E-state index is 0.0874. The van der Waals surface area contributed by atoms with Crippen LogP contribution in [0.3, 0.4) is 0 Å². The Hall–Kier alpha value is -1.88. The second-order valence-electron chi connectivity index (χ2n) is 6.33. The zero-order valence-corrected chi connectivity index (χ0v) is 15.4. The second kappa shape index (κ2) is 7.79. The summed E-state index contributed by atoms with van der Waals surface area (Å²) in [5.74, 6) is -0.0874. The van der Waals surface area contributed by atoms with Crippen LogP contribution >= 0.6 is 15.9 Å². The summed E-state index contributed by atoms with van der Waals surface area (Å²) in [6.07, 6.45) is 7.48. The Morgan fingerprint density at radius 2 is 1.88 bits per heavy atom. The molecule has 1 amide bonds. The highest BCUT2D eigenvalue weighted by Gasteiger charge is 2.17. The molecule has 1 fully saturated rings. The molecule has 3 rings (SSSR count). The van der Waals surface area contributed by atoms with Gasteiger partial charge in [0.2, 0.25) is 0 Å². The van der Waals surface area contributed by atoms with Gasteiger partial charge in [0, 0.05) is 28.1 Å². The lowest BCUT2D eigenvalue weighted by molar-refractivity contribution is 0.0922. The molecule has 2 N–H and O–H groups in total. The molecule has 1 heterocycles. The number of halogens is 1. The van der Waals surface area contributed by atoms with Crippen molar-refractivity contribution < 1.29 is 4.79 Å². The predicted octanol–water partition coefficient (Wildman–Crippen LogP) is 4.96. The molecule has 0 saturated heterocycles. The normalized spacial score (nSPS) is 15.1. The first-order chi connectivity index (χ1) is 11.6. The molecule has 0 atom stereocenters. The van der Waals surface area contributed by atoms with Gasteiger partial charge in [0.05, 0.1) is 0 Å². The van der Waals surface area contributed by atoms with E-state index in [1.165, 1.54) is 24.8 Å². The molecular formula is C19H22BrN3O. The van der Waals surface area contributed by atoms with Gasteiger partial charge in [-0.3, -0.25) is 9.78 Å². The summed E-state index contributed by atoms with van der Waals surface area (Å²) in [6.45, 7) is 2.05. The van der Waals surface area contributed by atoms with Gasteiger partial charge in [0.15, 0.2) is 0 Å². The van der Waals surface area contributed by atoms with Crippen molar-refractivity contribution in [3.05, 3.63) is 52.3 Å². The van der Waals surface area contributed by atoms with E-state index in [9.17, 15) is 4.79 Å². The van der Waals surface area contributed by atoms with Crippen LogP contribution in [-0.4, -0.2) is 16.9 Å². The van der Waals surface area contributed by atoms with E-state index in [1.807, 2.05) is 31.2 Å². The molecule has 1 aromatic carbocycles. The van der Waals surface area contributed by atoms with E-state index < -0.39 is 0 Å². The molecule has 0 aliphatic heterocycles. The van der Waals surface area contributed by atoms with Crippen molar-refractivity contribution in [2.75, 3.05) is 5.32 Å². The van der Waals surface area contributed by atoms with E-state index >= 15 is 0 Å². The van der Waals surface area contributed by atoms with E-state index in [0.717, 1.165) is 28.7 Å². The molecule has 24 heavy (non-hydrogen) atoms. The summed E-state index contributed by atoms with van der Waals surface area (Å²) in [7, 11) is 0. The van der Waals surface area contributed by atoms with Crippen LogP contribution in [0.2, 0.25) is 0 Å². The Morgan fingerprint density at radius 1 is 1.12 bits per heavy atom. The highest BCUT2D eigenvalue weighted by molar-refractivity contribution is 9.10. The molecule has 126 valence electrons. The maximum absolute atomic E-state index is 12.4. The number of anilines is 2. The molecule has 5 heteroatoms. The zero-order valence-electron chi connectivity index (χ0n) is 13.8. The fourth-order valence-corrected chi connectivity index (χ4v) is 3.35. The third-order valence-electron chi connectivity index (χ3n) is 4.39. The van der Waals surface area contributed by atoms with Gasteiger partial charge in [-0.2, -0.15) is 0 Å². The standard InChI is InChI=1S/C19H22BrN3O/c1-13-7-8-15(11-17(13)20)22-16-9-10-21-18(12-16)19(24)23-14-5-3-2-4-6-14/h7-12,14H,2-6H2,1H3,(H,21,22)(H,23,24). The first-order valence-electron chi connectivity index (χ1n) is 8.42. The number of amides is 1. The summed E-state index contributed by atoms with van der Waals surface area (Å²) >= 11 is 3.54. The first-order valence-corrected chi connectivity index (χ1v) is 9.21. The lowest BCUT2D eigenvalue weighted by Crippen LogP contribution is -2.36. The molecule has 1 aliphatic rings. The van der Waals surface area contributed by atoms with Gasteiger partial charge in [-0.1, -0.05) is 41.3 Å². The SMILES string of the molecule is Cc1ccc(Nc2ccnc(C(=O)NC3CCCCC3)c2)cc1Br. The van der Waals surface area contributed by atoms with Gasteiger partial charge in [0.25, 0.3) is 5.91 Å². The number of nitrogens with one attached hydrogen (secondary N) is 2. The van der Waals surface area contributed by atoms with Crippen molar-refractivity contribution >= 4 is 33.2 Å². The Labute approximate surface area is 151 Å². The molecule has 4 nitrogen and oxygen atoms in total. The minimum atomic E-state index is -0.0874. The van der Waals surface area contributed by atoms with Crippen LogP contribution in [0.25, 0.3) is 0 Å². The Balaban J connectivity index is 1.68. The van der Waals surface area contributed by atoms with Crippen LogP contribution in [-0.2, 0) is 0 Å². The van der Waals surface area contributed by atoms with Crippen LogP contribution in [0.4, 0.5) is 11.4 Å². The van der Waals surface area contributed by atoms with E-state index in [4.69, 9.17) is 0 Å². The zero-order chi connectivity index (χ0) is 16.9. The van der Waals surface area contributed by atoms with Gasteiger partial charge >= 0.3 is 0 Å². The number of hydrogen-bond acceptors (Lipinski definition) is 3. The molecule has 0 radical (unpaired) electrons. The van der Waals surface area contributed by atoms with Crippen molar-refractivity contribution in [3.8, 4) is 0 Å². The number of carbonyl (C=O) groups is 1. The third kappa shape index (κ3) is 4.35. The van der Waals surface area contributed by atoms with Crippen LogP contribution < -0.4 is 10.6 Å². The van der Waals surface area contributed by atoms with Gasteiger partial charge in [-0.15, -0.1) is 0 Å². The molecule has 1 aromatic heterocycles. The maximum atomic E-state index is 12.4. The van der Waals surface area contributed by atoms with Crippen molar-refractivity contribution in [2.45, 2.75) is 45.1 Å². The van der Waals surface area contributed by atoms with Crippen LogP contribution in [0.15, 0.2) is 41.0 Å². The summed E-state index contributed by atoms with van der Waals surface area (Å²) in [5, 5.41) is 6.43. The molecule has 1 saturated carbocycles. The van der Waals surface area contributed by atoms with Crippen LogP contribution in [0.1, 0.15) is 48.2 Å². The fourth-order valence-electron chi connectivity index (χ4n) is 2.98. The Kier molecular flexibility index (Phi) is 5.51. The van der Waals surface area contributed by atoms with Gasteiger partial charge < -0.3 is 10.6 Å². The molecule has 0 unspecified atom stereocenters. The lowest BCUT2D eigenvalue weighted by atomic mass is 9.95. The number of nitrogens with zero attached hydrogens (tertiary/aromatic N) is 1. The Morgan fingerprint density at radius 3 is 2.62 bits per heavy atom. The number of hydrogen-bond donors (Lipinski definition) is 2. The smallest absolute Gasteiger partial charge is 0.270 e. The number of pyridine rings is 1. The molecular weight excluding hydrogens is 366 g/mol. The topological polar surface area (TPSA) is 54.0 Å². The van der Waals surface area contributed by atoms with Crippen molar-refractivity contribution in [3.63, 3.8) is 0 Å². The van der Waals surface area contributed by atoms with E-state index in [2.05, 4.69) is 31.5 Å². The lowest BCUT2D eigenvalue weighted by Gasteiger charge is -2.22. The average molecular weight is 388 g/mol. The van der Waals surface area contributed by atoms with Gasteiger partial charge in [-0.25, -0.2) is 0 Å². The van der Waals surface area contributed by atoms with Crippen LogP contribution in [0, 0.1) is 6.92 Å². The van der Waals surface area contributed by atoms with Crippen LogP contribution in [0.5, 0.6) is 0 Å². The summed E-state index contributed by atoms with van der Waals surface area (Å²) < 4.78 is 1.05. The Bertz CT molecular complexity index is 726. The molecule has 0 bridgehead atoms. The van der Waals surface area contributed by atoms with Crippen molar-refractivity contribution in [2.24, 2.45) is 0 Å².